The summed E-state index contributed by atoms with van der Waals surface area (Å²) in [6, 6.07) is 0. The second-order valence-electron chi connectivity index (χ2n) is 4.85. The zero-order valence-electron chi connectivity index (χ0n) is 11.2. The van der Waals surface area contributed by atoms with Crippen LogP contribution in [-0.2, 0) is 0 Å². The van der Waals surface area contributed by atoms with Crippen LogP contribution in [0.4, 0.5) is 0 Å². The number of hydrogen-bond acceptors (Lipinski definition) is 0. The van der Waals surface area contributed by atoms with Crippen LogP contribution in [0.5, 0.6) is 0 Å². The highest BCUT2D eigenvalue weighted by molar-refractivity contribution is 14.0. The predicted octanol–water partition coefficient (Wildman–Crippen LogP) is 4.45. The molecular weight excluding hydrogens is 297 g/mol. The van der Waals surface area contributed by atoms with E-state index in [4.69, 9.17) is 0 Å². The van der Waals surface area contributed by atoms with E-state index in [0.717, 1.165) is 0 Å². The Balaban J connectivity index is 0. The molecule has 0 aromatic rings. The van der Waals surface area contributed by atoms with Gasteiger partial charge in [-0.1, -0.05) is 40.0 Å². The molecule has 0 radical (unpaired) electrons. The molecule has 0 bridgehead atoms. The lowest BCUT2D eigenvalue weighted by atomic mass is 10.2. The number of quaternary nitrogens is 1. The first kappa shape index (κ1) is 18.1. The first-order valence-electron chi connectivity index (χ1n) is 6.52. The molecule has 0 aliphatic carbocycles. The van der Waals surface area contributed by atoms with Crippen LogP contribution in [0.1, 0.15) is 59.3 Å². The highest BCUT2D eigenvalue weighted by atomic mass is 127. The van der Waals surface area contributed by atoms with E-state index in [1.165, 1.54) is 62.6 Å². The van der Waals surface area contributed by atoms with Crippen molar-refractivity contribution in [3.63, 3.8) is 0 Å². The lowest BCUT2D eigenvalue weighted by Gasteiger charge is -2.34. The van der Waals surface area contributed by atoms with E-state index in [1.54, 1.807) is 0 Å². The maximum atomic E-state index is 2.45. The molecule has 1 nitrogen and oxygen atoms in total. The smallest absolute Gasteiger partial charge is 0.0784 e. The van der Waals surface area contributed by atoms with Crippen LogP contribution in [0.3, 0.4) is 0 Å². The maximum absolute atomic E-state index is 2.45. The quantitative estimate of drug-likeness (QED) is 0.433. The Labute approximate surface area is 114 Å². The van der Waals surface area contributed by atoms with Crippen molar-refractivity contribution in [2.24, 2.45) is 0 Å². The van der Waals surface area contributed by atoms with E-state index < -0.39 is 0 Å². The van der Waals surface area contributed by atoms with Crippen LogP contribution in [0.2, 0.25) is 0 Å². The maximum Gasteiger partial charge on any atom is 0.0784 e. The zero-order valence-corrected chi connectivity index (χ0v) is 13.5. The van der Waals surface area contributed by atoms with Crippen LogP contribution in [-0.4, -0.2) is 31.2 Å². The van der Waals surface area contributed by atoms with Gasteiger partial charge in [0.15, 0.2) is 0 Å². The normalized spacial score (nSPS) is 11.2. The number of halogens is 1. The van der Waals surface area contributed by atoms with Gasteiger partial charge in [-0.2, -0.15) is 0 Å². The average Bonchev–Trinajstić information content (AvgIpc) is 2.21. The molecule has 0 fully saturated rings. The molecule has 0 saturated carbocycles. The van der Waals surface area contributed by atoms with Crippen LogP contribution in [0.25, 0.3) is 0 Å². The number of nitrogens with zero attached hydrogens (tertiary/aromatic N) is 1. The molecule has 15 heavy (non-hydrogen) atoms. The standard InChI is InChI=1S/C13H30N.HI/c1-5-8-11-14(4,12-9-6-2)13-10-7-3;/h5-13H2,1-4H3;1H/q+1;. The first-order chi connectivity index (χ1) is 6.68. The molecule has 0 aromatic carbocycles. The van der Waals surface area contributed by atoms with Crippen molar-refractivity contribution in [1.82, 2.24) is 0 Å². The largest absolute Gasteiger partial charge is 0.326 e. The number of rotatable bonds is 9. The fourth-order valence-corrected chi connectivity index (χ4v) is 1.95. The van der Waals surface area contributed by atoms with Gasteiger partial charge < -0.3 is 4.48 Å². The molecule has 0 aliphatic heterocycles. The summed E-state index contributed by atoms with van der Waals surface area (Å²) in [6.07, 6.45) is 8.20. The Morgan fingerprint density at radius 3 is 1.13 bits per heavy atom. The van der Waals surface area contributed by atoms with Gasteiger partial charge in [0.2, 0.25) is 0 Å². The summed E-state index contributed by atoms with van der Waals surface area (Å²) < 4.78 is 1.32. The third kappa shape index (κ3) is 9.61. The molecule has 94 valence electrons. The van der Waals surface area contributed by atoms with Gasteiger partial charge in [-0.05, 0) is 19.3 Å². The second-order valence-corrected chi connectivity index (χ2v) is 4.85. The minimum Gasteiger partial charge on any atom is -0.326 e. The molecule has 2 heteroatoms. The molecule has 0 spiro atoms. The first-order valence-corrected chi connectivity index (χ1v) is 6.52. The fraction of sp³-hybridized carbons (Fsp3) is 1.00. The van der Waals surface area contributed by atoms with Gasteiger partial charge in [-0.15, -0.1) is 24.0 Å². The third-order valence-corrected chi connectivity index (χ3v) is 3.15. The van der Waals surface area contributed by atoms with Crippen molar-refractivity contribution in [2.45, 2.75) is 59.3 Å². The summed E-state index contributed by atoms with van der Waals surface area (Å²) >= 11 is 0. The van der Waals surface area contributed by atoms with Gasteiger partial charge in [0.05, 0.1) is 26.7 Å². The SMILES string of the molecule is CCCC[N+](C)(CCCC)CCCC.I. The summed E-state index contributed by atoms with van der Waals surface area (Å²) in [5, 5.41) is 0. The summed E-state index contributed by atoms with van der Waals surface area (Å²) in [4.78, 5) is 0. The van der Waals surface area contributed by atoms with Gasteiger partial charge in [0, 0.05) is 0 Å². The van der Waals surface area contributed by atoms with E-state index in [9.17, 15) is 0 Å². The van der Waals surface area contributed by atoms with Crippen molar-refractivity contribution >= 4 is 24.0 Å². The van der Waals surface area contributed by atoms with Gasteiger partial charge in [-0.25, -0.2) is 0 Å². The van der Waals surface area contributed by atoms with Crippen LogP contribution < -0.4 is 0 Å². The van der Waals surface area contributed by atoms with Crippen molar-refractivity contribution in [1.29, 1.82) is 0 Å². The van der Waals surface area contributed by atoms with E-state index in [-0.39, 0.29) is 24.0 Å². The Kier molecular flexibility index (Phi) is 13.5. The highest BCUT2D eigenvalue weighted by Gasteiger charge is 2.18. The van der Waals surface area contributed by atoms with Gasteiger partial charge in [0.25, 0.3) is 0 Å². The molecule has 0 N–H and O–H groups in total. The van der Waals surface area contributed by atoms with Crippen LogP contribution >= 0.6 is 24.0 Å². The van der Waals surface area contributed by atoms with Crippen LogP contribution in [0, 0.1) is 0 Å². The van der Waals surface area contributed by atoms with Gasteiger partial charge >= 0.3 is 0 Å². The van der Waals surface area contributed by atoms with E-state index in [2.05, 4.69) is 27.8 Å². The molecule has 0 atom stereocenters. The topological polar surface area (TPSA) is 0 Å². The van der Waals surface area contributed by atoms with E-state index in [1.807, 2.05) is 0 Å². The summed E-state index contributed by atoms with van der Waals surface area (Å²) in [6.45, 7) is 11.0. The summed E-state index contributed by atoms with van der Waals surface area (Å²) in [7, 11) is 2.45. The highest BCUT2D eigenvalue weighted by Crippen LogP contribution is 2.10. The zero-order chi connectivity index (χ0) is 10.9. The predicted molar refractivity (Wildman–Crippen MR) is 80.9 cm³/mol. The number of unbranched alkanes of at least 4 members (excludes halogenated alkanes) is 3. The van der Waals surface area contributed by atoms with Crippen LogP contribution in [0.15, 0.2) is 0 Å². The Bertz CT molecular complexity index is 104. The van der Waals surface area contributed by atoms with Crippen molar-refractivity contribution < 1.29 is 4.48 Å². The van der Waals surface area contributed by atoms with Crippen molar-refractivity contribution in [3.05, 3.63) is 0 Å². The molecule has 0 amide bonds. The Hall–Kier alpha value is 0.690. The molecular formula is C13H31IN+. The summed E-state index contributed by atoms with van der Waals surface area (Å²) in [5.41, 5.74) is 0. The Morgan fingerprint density at radius 1 is 0.667 bits per heavy atom. The molecule has 0 heterocycles. The molecule has 0 saturated heterocycles. The lowest BCUT2D eigenvalue weighted by molar-refractivity contribution is -0.910. The van der Waals surface area contributed by atoms with Crippen molar-refractivity contribution in [2.75, 3.05) is 26.7 Å². The van der Waals surface area contributed by atoms with Gasteiger partial charge in [-0.3, -0.25) is 0 Å². The monoisotopic (exact) mass is 328 g/mol. The Morgan fingerprint density at radius 2 is 0.933 bits per heavy atom. The second kappa shape index (κ2) is 11.2. The number of hydrogen-bond donors (Lipinski definition) is 0. The van der Waals surface area contributed by atoms with Gasteiger partial charge in [0.1, 0.15) is 0 Å². The summed E-state index contributed by atoms with van der Waals surface area (Å²) in [5.74, 6) is 0. The lowest BCUT2D eigenvalue weighted by Crippen LogP contribution is -2.46. The van der Waals surface area contributed by atoms with E-state index >= 15 is 0 Å². The molecule has 0 unspecified atom stereocenters. The average molecular weight is 328 g/mol. The minimum atomic E-state index is 0. The van der Waals surface area contributed by atoms with E-state index in [0.29, 0.717) is 0 Å². The third-order valence-electron chi connectivity index (χ3n) is 3.15. The fourth-order valence-electron chi connectivity index (χ4n) is 1.95. The van der Waals surface area contributed by atoms with Crippen molar-refractivity contribution in [3.8, 4) is 0 Å². The minimum absolute atomic E-state index is 0. The molecule has 0 aliphatic rings. The molecule has 0 aromatic heterocycles. The molecule has 0 rings (SSSR count).